The molecule has 18 heavy (non-hydrogen) atoms. The molecule has 0 fully saturated rings. The van der Waals surface area contributed by atoms with E-state index in [1.807, 2.05) is 19.9 Å². The monoisotopic (exact) mass is 251 g/mol. The van der Waals surface area contributed by atoms with Crippen molar-refractivity contribution in [2.75, 3.05) is 19.8 Å². The topological polar surface area (TPSA) is 58.6 Å². The Balaban J connectivity index is 2.53. The minimum atomic E-state index is -0.110. The summed E-state index contributed by atoms with van der Waals surface area (Å²) in [4.78, 5) is 11.9. The van der Waals surface area contributed by atoms with E-state index in [0.717, 1.165) is 0 Å². The Bertz CT molecular complexity index is 379. The number of amides is 1. The molecule has 1 amide bonds. The van der Waals surface area contributed by atoms with Crippen LogP contribution in [0.3, 0.4) is 0 Å². The zero-order chi connectivity index (χ0) is 13.4. The highest BCUT2D eigenvalue weighted by Gasteiger charge is 2.08. The molecular formula is C14H21NO3. The Morgan fingerprint density at radius 3 is 2.94 bits per heavy atom. The van der Waals surface area contributed by atoms with Crippen molar-refractivity contribution in [1.29, 1.82) is 0 Å². The summed E-state index contributed by atoms with van der Waals surface area (Å²) >= 11 is 0. The molecule has 0 radical (unpaired) electrons. The summed E-state index contributed by atoms with van der Waals surface area (Å²) < 4.78 is 5.35. The molecule has 4 heteroatoms. The van der Waals surface area contributed by atoms with Crippen LogP contribution in [0.25, 0.3) is 0 Å². The van der Waals surface area contributed by atoms with Gasteiger partial charge in [0, 0.05) is 18.7 Å². The first kappa shape index (κ1) is 14.5. The summed E-state index contributed by atoms with van der Waals surface area (Å²) in [6.07, 6.45) is 0.694. The Labute approximate surface area is 108 Å². The largest absolute Gasteiger partial charge is 0.494 e. The van der Waals surface area contributed by atoms with Gasteiger partial charge in [0.15, 0.2) is 0 Å². The highest BCUT2D eigenvalue weighted by Crippen LogP contribution is 2.13. The standard InChI is InChI=1S/C14H21NO3/c1-3-18-13-6-4-5-12(9-13)14(17)15-10-11(2)7-8-16/h4-6,9,11,16H,3,7-8,10H2,1-2H3,(H,15,17). The highest BCUT2D eigenvalue weighted by atomic mass is 16.5. The van der Waals surface area contributed by atoms with E-state index in [4.69, 9.17) is 9.84 Å². The number of nitrogens with one attached hydrogen (secondary N) is 1. The van der Waals surface area contributed by atoms with E-state index < -0.39 is 0 Å². The second kappa shape index (κ2) is 7.71. The van der Waals surface area contributed by atoms with Gasteiger partial charge in [0.2, 0.25) is 0 Å². The van der Waals surface area contributed by atoms with Crippen LogP contribution in [0.5, 0.6) is 5.75 Å². The van der Waals surface area contributed by atoms with Gasteiger partial charge in [-0.25, -0.2) is 0 Å². The fourth-order valence-electron chi connectivity index (χ4n) is 1.59. The van der Waals surface area contributed by atoms with Crippen molar-refractivity contribution in [3.63, 3.8) is 0 Å². The number of carbonyl (C=O) groups excluding carboxylic acids is 1. The summed E-state index contributed by atoms with van der Waals surface area (Å²) in [5.74, 6) is 0.865. The molecule has 0 spiro atoms. The van der Waals surface area contributed by atoms with E-state index in [2.05, 4.69) is 5.32 Å². The molecule has 0 heterocycles. The van der Waals surface area contributed by atoms with Gasteiger partial charge in [-0.2, -0.15) is 0 Å². The first-order valence-corrected chi connectivity index (χ1v) is 6.29. The lowest BCUT2D eigenvalue weighted by molar-refractivity contribution is 0.0945. The molecule has 0 aliphatic rings. The quantitative estimate of drug-likeness (QED) is 0.777. The molecule has 0 aromatic heterocycles. The van der Waals surface area contributed by atoms with Crippen LogP contribution in [-0.4, -0.2) is 30.8 Å². The van der Waals surface area contributed by atoms with Crippen molar-refractivity contribution in [1.82, 2.24) is 5.32 Å². The predicted octanol–water partition coefficient (Wildman–Crippen LogP) is 1.83. The van der Waals surface area contributed by atoms with Crippen LogP contribution in [0, 0.1) is 5.92 Å². The third-order valence-electron chi connectivity index (χ3n) is 2.64. The zero-order valence-electron chi connectivity index (χ0n) is 11.0. The highest BCUT2D eigenvalue weighted by molar-refractivity contribution is 5.94. The van der Waals surface area contributed by atoms with Crippen molar-refractivity contribution in [3.05, 3.63) is 29.8 Å². The van der Waals surface area contributed by atoms with Gasteiger partial charge in [0.1, 0.15) is 5.75 Å². The Morgan fingerprint density at radius 1 is 1.50 bits per heavy atom. The smallest absolute Gasteiger partial charge is 0.251 e. The fraction of sp³-hybridized carbons (Fsp3) is 0.500. The lowest BCUT2D eigenvalue weighted by atomic mass is 10.1. The van der Waals surface area contributed by atoms with E-state index in [0.29, 0.717) is 30.9 Å². The number of hydrogen-bond acceptors (Lipinski definition) is 3. The van der Waals surface area contributed by atoms with Gasteiger partial charge in [-0.3, -0.25) is 4.79 Å². The molecule has 2 N–H and O–H groups in total. The molecule has 1 aromatic rings. The van der Waals surface area contributed by atoms with Crippen molar-refractivity contribution >= 4 is 5.91 Å². The number of benzene rings is 1. The van der Waals surface area contributed by atoms with Crippen molar-refractivity contribution < 1.29 is 14.6 Å². The second-order valence-corrected chi connectivity index (χ2v) is 4.29. The van der Waals surface area contributed by atoms with E-state index in [9.17, 15) is 4.79 Å². The SMILES string of the molecule is CCOc1cccc(C(=O)NCC(C)CCO)c1. The van der Waals surface area contributed by atoms with Crippen molar-refractivity contribution in [2.24, 2.45) is 5.92 Å². The first-order chi connectivity index (χ1) is 8.67. The van der Waals surface area contributed by atoms with Gasteiger partial charge in [0.25, 0.3) is 5.91 Å². The Kier molecular flexibility index (Phi) is 6.22. The van der Waals surface area contributed by atoms with Gasteiger partial charge in [0.05, 0.1) is 6.61 Å². The average molecular weight is 251 g/mol. The molecule has 100 valence electrons. The van der Waals surface area contributed by atoms with Crippen LogP contribution in [0.2, 0.25) is 0 Å². The van der Waals surface area contributed by atoms with E-state index in [-0.39, 0.29) is 18.4 Å². The van der Waals surface area contributed by atoms with Crippen LogP contribution in [0.15, 0.2) is 24.3 Å². The van der Waals surface area contributed by atoms with Crippen LogP contribution >= 0.6 is 0 Å². The third kappa shape index (κ3) is 4.75. The maximum atomic E-state index is 11.9. The normalized spacial score (nSPS) is 11.9. The van der Waals surface area contributed by atoms with Crippen LogP contribution in [-0.2, 0) is 0 Å². The molecular weight excluding hydrogens is 230 g/mol. The molecule has 0 saturated heterocycles. The van der Waals surface area contributed by atoms with Crippen molar-refractivity contribution in [2.45, 2.75) is 20.3 Å². The molecule has 1 rings (SSSR count). The molecule has 1 atom stereocenters. The van der Waals surface area contributed by atoms with Crippen LogP contribution < -0.4 is 10.1 Å². The lowest BCUT2D eigenvalue weighted by Crippen LogP contribution is -2.28. The number of aliphatic hydroxyl groups is 1. The number of aliphatic hydroxyl groups excluding tert-OH is 1. The van der Waals surface area contributed by atoms with E-state index >= 15 is 0 Å². The second-order valence-electron chi connectivity index (χ2n) is 4.29. The molecule has 0 saturated carbocycles. The minimum absolute atomic E-state index is 0.110. The van der Waals surface area contributed by atoms with Gasteiger partial charge >= 0.3 is 0 Å². The molecule has 0 aliphatic carbocycles. The van der Waals surface area contributed by atoms with Gasteiger partial charge < -0.3 is 15.2 Å². The molecule has 4 nitrogen and oxygen atoms in total. The van der Waals surface area contributed by atoms with Gasteiger partial charge in [-0.1, -0.05) is 13.0 Å². The maximum Gasteiger partial charge on any atom is 0.251 e. The summed E-state index contributed by atoms with van der Waals surface area (Å²) in [6.45, 7) is 5.20. The number of hydrogen-bond donors (Lipinski definition) is 2. The Hall–Kier alpha value is -1.55. The van der Waals surface area contributed by atoms with Crippen molar-refractivity contribution in [3.8, 4) is 5.75 Å². The summed E-state index contributed by atoms with van der Waals surface area (Å²) in [7, 11) is 0. The third-order valence-corrected chi connectivity index (χ3v) is 2.64. The average Bonchev–Trinajstić information content (AvgIpc) is 2.37. The molecule has 0 aliphatic heterocycles. The van der Waals surface area contributed by atoms with Gasteiger partial charge in [-0.15, -0.1) is 0 Å². The predicted molar refractivity (Wildman–Crippen MR) is 70.8 cm³/mol. The summed E-state index contributed by atoms with van der Waals surface area (Å²) in [5.41, 5.74) is 0.595. The van der Waals surface area contributed by atoms with E-state index in [1.165, 1.54) is 0 Å². The number of carbonyl (C=O) groups is 1. The fourth-order valence-corrected chi connectivity index (χ4v) is 1.59. The van der Waals surface area contributed by atoms with Crippen LogP contribution in [0.4, 0.5) is 0 Å². The minimum Gasteiger partial charge on any atom is -0.494 e. The van der Waals surface area contributed by atoms with E-state index in [1.54, 1.807) is 18.2 Å². The number of ether oxygens (including phenoxy) is 1. The lowest BCUT2D eigenvalue weighted by Gasteiger charge is -2.11. The van der Waals surface area contributed by atoms with Gasteiger partial charge in [-0.05, 0) is 37.5 Å². The molecule has 1 unspecified atom stereocenters. The summed E-state index contributed by atoms with van der Waals surface area (Å²) in [6, 6.07) is 7.12. The number of rotatable bonds is 7. The first-order valence-electron chi connectivity index (χ1n) is 6.29. The zero-order valence-corrected chi connectivity index (χ0v) is 11.0. The molecule has 1 aromatic carbocycles. The maximum absolute atomic E-state index is 11.9. The van der Waals surface area contributed by atoms with Crippen LogP contribution in [0.1, 0.15) is 30.6 Å². The Morgan fingerprint density at radius 2 is 2.28 bits per heavy atom. The molecule has 0 bridgehead atoms. The summed E-state index contributed by atoms with van der Waals surface area (Å²) in [5, 5.41) is 11.6.